The van der Waals surface area contributed by atoms with E-state index in [1.165, 1.54) is 11.1 Å². The maximum absolute atomic E-state index is 5.53. The van der Waals surface area contributed by atoms with Crippen molar-refractivity contribution < 1.29 is 4.74 Å². The van der Waals surface area contributed by atoms with E-state index < -0.39 is 0 Å². The molecule has 0 spiro atoms. The van der Waals surface area contributed by atoms with Gasteiger partial charge in [0.15, 0.2) is 5.96 Å². The zero-order valence-electron chi connectivity index (χ0n) is 14.0. The number of pyridine rings is 1. The van der Waals surface area contributed by atoms with Crippen LogP contribution < -0.4 is 15.4 Å². The summed E-state index contributed by atoms with van der Waals surface area (Å²) in [5, 5.41) is 6.59. The summed E-state index contributed by atoms with van der Waals surface area (Å²) >= 11 is 0. The number of nitrogens with zero attached hydrogens (tertiary/aromatic N) is 2. The minimum atomic E-state index is 0.602. The molecule has 5 heteroatoms. The summed E-state index contributed by atoms with van der Waals surface area (Å²) in [4.78, 5) is 8.50. The molecular weight excluding hydrogens is 288 g/mol. The summed E-state index contributed by atoms with van der Waals surface area (Å²) < 4.78 is 5.53. The average molecular weight is 312 g/mol. The highest BCUT2D eigenvalue weighted by Gasteiger charge is 2.05. The number of hydrogen-bond acceptors (Lipinski definition) is 3. The Balaban J connectivity index is 1.89. The fraction of sp³-hybridized carbons (Fsp3) is 0.333. The van der Waals surface area contributed by atoms with Gasteiger partial charge in [-0.2, -0.15) is 0 Å². The van der Waals surface area contributed by atoms with Crippen LogP contribution in [0.4, 0.5) is 0 Å². The number of benzene rings is 1. The third-order valence-electron chi connectivity index (χ3n) is 3.38. The van der Waals surface area contributed by atoms with Crippen molar-refractivity contribution in [3.63, 3.8) is 0 Å². The van der Waals surface area contributed by atoms with Crippen molar-refractivity contribution in [2.24, 2.45) is 4.99 Å². The molecule has 0 aliphatic heterocycles. The van der Waals surface area contributed by atoms with Crippen LogP contribution in [-0.2, 0) is 13.1 Å². The number of guanidine groups is 1. The van der Waals surface area contributed by atoms with Crippen molar-refractivity contribution in [3.05, 3.63) is 59.3 Å². The molecule has 1 aromatic carbocycles. The first-order valence-corrected chi connectivity index (χ1v) is 7.79. The Kier molecular flexibility index (Phi) is 6.41. The van der Waals surface area contributed by atoms with Gasteiger partial charge in [0, 0.05) is 31.9 Å². The zero-order chi connectivity index (χ0) is 16.5. The molecule has 1 aromatic heterocycles. The standard InChI is InChI=1S/C18H24N4O/c1-4-23-17-16(6-5-11-20-17)13-22-18(19-3)21-12-15-9-7-14(2)8-10-15/h5-11H,4,12-13H2,1-3H3,(H2,19,21,22). The highest BCUT2D eigenvalue weighted by Crippen LogP contribution is 2.13. The van der Waals surface area contributed by atoms with E-state index in [-0.39, 0.29) is 0 Å². The lowest BCUT2D eigenvalue weighted by atomic mass is 10.1. The van der Waals surface area contributed by atoms with Gasteiger partial charge in [0.1, 0.15) is 0 Å². The van der Waals surface area contributed by atoms with Crippen LogP contribution in [0.25, 0.3) is 0 Å². The molecule has 0 fully saturated rings. The monoisotopic (exact) mass is 312 g/mol. The highest BCUT2D eigenvalue weighted by molar-refractivity contribution is 5.79. The van der Waals surface area contributed by atoms with E-state index in [1.54, 1.807) is 13.2 Å². The van der Waals surface area contributed by atoms with Crippen LogP contribution in [0.5, 0.6) is 5.88 Å². The van der Waals surface area contributed by atoms with Gasteiger partial charge in [0.05, 0.1) is 6.61 Å². The summed E-state index contributed by atoms with van der Waals surface area (Å²) in [6.07, 6.45) is 1.74. The number of aromatic nitrogens is 1. The molecule has 0 radical (unpaired) electrons. The molecule has 122 valence electrons. The highest BCUT2D eigenvalue weighted by atomic mass is 16.5. The zero-order valence-corrected chi connectivity index (χ0v) is 14.0. The molecule has 2 rings (SSSR count). The number of aliphatic imine (C=N–C) groups is 1. The summed E-state index contributed by atoms with van der Waals surface area (Å²) in [6.45, 7) is 5.97. The third-order valence-corrected chi connectivity index (χ3v) is 3.38. The predicted molar refractivity (Wildman–Crippen MR) is 93.6 cm³/mol. The topological polar surface area (TPSA) is 58.5 Å². The van der Waals surface area contributed by atoms with Crippen molar-refractivity contribution in [2.75, 3.05) is 13.7 Å². The first-order valence-electron chi connectivity index (χ1n) is 7.79. The van der Waals surface area contributed by atoms with E-state index in [1.807, 2.05) is 19.1 Å². The molecule has 0 bridgehead atoms. The molecule has 0 saturated carbocycles. The van der Waals surface area contributed by atoms with Crippen LogP contribution >= 0.6 is 0 Å². The summed E-state index contributed by atoms with van der Waals surface area (Å²) in [7, 11) is 1.76. The number of aryl methyl sites for hydroxylation is 1. The molecule has 23 heavy (non-hydrogen) atoms. The van der Waals surface area contributed by atoms with Crippen LogP contribution in [0.3, 0.4) is 0 Å². The van der Waals surface area contributed by atoms with Gasteiger partial charge in [-0.15, -0.1) is 0 Å². The Bertz CT molecular complexity index is 638. The molecule has 0 atom stereocenters. The predicted octanol–water partition coefficient (Wildman–Crippen LogP) is 2.65. The first kappa shape index (κ1) is 16.8. The lowest BCUT2D eigenvalue weighted by Gasteiger charge is -2.13. The molecular formula is C18H24N4O. The minimum absolute atomic E-state index is 0.602. The molecule has 0 amide bonds. The molecule has 0 unspecified atom stereocenters. The van der Waals surface area contributed by atoms with Crippen LogP contribution in [0.2, 0.25) is 0 Å². The van der Waals surface area contributed by atoms with Crippen molar-refractivity contribution in [2.45, 2.75) is 26.9 Å². The van der Waals surface area contributed by atoms with Crippen LogP contribution in [-0.4, -0.2) is 24.6 Å². The Morgan fingerprint density at radius 2 is 1.87 bits per heavy atom. The quantitative estimate of drug-likeness (QED) is 0.636. The maximum Gasteiger partial charge on any atom is 0.218 e. The van der Waals surface area contributed by atoms with Crippen molar-refractivity contribution in [1.82, 2.24) is 15.6 Å². The van der Waals surface area contributed by atoms with Gasteiger partial charge in [0.25, 0.3) is 0 Å². The Morgan fingerprint density at radius 3 is 2.57 bits per heavy atom. The van der Waals surface area contributed by atoms with Gasteiger partial charge in [-0.3, -0.25) is 4.99 Å². The van der Waals surface area contributed by atoms with Crippen LogP contribution in [0, 0.1) is 6.92 Å². The molecule has 1 heterocycles. The molecule has 0 aliphatic carbocycles. The summed E-state index contributed by atoms with van der Waals surface area (Å²) in [6, 6.07) is 12.3. The number of hydrogen-bond donors (Lipinski definition) is 2. The van der Waals surface area contributed by atoms with Gasteiger partial charge >= 0.3 is 0 Å². The Morgan fingerprint density at radius 1 is 1.13 bits per heavy atom. The minimum Gasteiger partial charge on any atom is -0.478 e. The van der Waals surface area contributed by atoms with Gasteiger partial charge in [-0.05, 0) is 25.5 Å². The van der Waals surface area contributed by atoms with Crippen LogP contribution in [0.1, 0.15) is 23.6 Å². The average Bonchev–Trinajstić information content (AvgIpc) is 2.58. The fourth-order valence-electron chi connectivity index (χ4n) is 2.12. The Hall–Kier alpha value is -2.56. The second kappa shape index (κ2) is 8.78. The molecule has 2 N–H and O–H groups in total. The van der Waals surface area contributed by atoms with Gasteiger partial charge in [-0.25, -0.2) is 4.98 Å². The SMILES string of the molecule is CCOc1ncccc1CNC(=NC)NCc1ccc(C)cc1. The van der Waals surface area contributed by atoms with E-state index in [0.717, 1.165) is 18.1 Å². The second-order valence-corrected chi connectivity index (χ2v) is 5.17. The van der Waals surface area contributed by atoms with E-state index in [9.17, 15) is 0 Å². The molecule has 2 aromatic rings. The van der Waals surface area contributed by atoms with E-state index in [0.29, 0.717) is 19.0 Å². The number of ether oxygens (including phenoxy) is 1. The largest absolute Gasteiger partial charge is 0.478 e. The van der Waals surface area contributed by atoms with Gasteiger partial charge < -0.3 is 15.4 Å². The van der Waals surface area contributed by atoms with Crippen molar-refractivity contribution in [1.29, 1.82) is 0 Å². The molecule has 0 aliphatic rings. The van der Waals surface area contributed by atoms with E-state index >= 15 is 0 Å². The van der Waals surface area contributed by atoms with Crippen LogP contribution in [0.15, 0.2) is 47.6 Å². The fourth-order valence-corrected chi connectivity index (χ4v) is 2.12. The molecule has 5 nitrogen and oxygen atoms in total. The van der Waals surface area contributed by atoms with E-state index in [2.05, 4.69) is 51.8 Å². The summed E-state index contributed by atoms with van der Waals surface area (Å²) in [5.41, 5.74) is 3.49. The normalized spacial score (nSPS) is 11.2. The Labute approximate surface area is 137 Å². The number of nitrogens with one attached hydrogen (secondary N) is 2. The van der Waals surface area contributed by atoms with Gasteiger partial charge in [-0.1, -0.05) is 35.9 Å². The first-order chi connectivity index (χ1) is 11.2. The van der Waals surface area contributed by atoms with E-state index in [4.69, 9.17) is 4.74 Å². The third kappa shape index (κ3) is 5.29. The lowest BCUT2D eigenvalue weighted by molar-refractivity contribution is 0.322. The van der Waals surface area contributed by atoms with Crippen molar-refractivity contribution in [3.8, 4) is 5.88 Å². The summed E-state index contributed by atoms with van der Waals surface area (Å²) in [5.74, 6) is 1.41. The second-order valence-electron chi connectivity index (χ2n) is 5.17. The number of rotatable bonds is 6. The van der Waals surface area contributed by atoms with Gasteiger partial charge in [0.2, 0.25) is 5.88 Å². The molecule has 0 saturated heterocycles. The smallest absolute Gasteiger partial charge is 0.218 e. The maximum atomic E-state index is 5.53. The van der Waals surface area contributed by atoms with Crippen molar-refractivity contribution >= 4 is 5.96 Å². The lowest BCUT2D eigenvalue weighted by Crippen LogP contribution is -2.36.